The Bertz CT molecular complexity index is 757. The topological polar surface area (TPSA) is 196 Å². The van der Waals surface area contributed by atoms with E-state index in [1.54, 1.807) is 5.48 Å². The van der Waals surface area contributed by atoms with Crippen molar-refractivity contribution in [2.24, 2.45) is 0 Å². The first kappa shape index (κ1) is 22.8. The Kier molecular flexibility index (Phi) is 8.60. The van der Waals surface area contributed by atoms with E-state index < -0.39 is 42.7 Å². The Balaban J connectivity index is 1.81. The molecular weight excluding hydrogens is 390 g/mol. The Morgan fingerprint density at radius 2 is 1.76 bits per heavy atom. The normalized spacial score (nSPS) is 23.7. The third kappa shape index (κ3) is 6.27. The smallest absolute Gasteiger partial charge is 0.354 e. The molecule has 13 heteroatoms. The molecule has 162 valence electrons. The highest BCUT2D eigenvalue weighted by Crippen LogP contribution is 2.27. The van der Waals surface area contributed by atoms with Gasteiger partial charge in [0.15, 0.2) is 6.23 Å². The zero-order chi connectivity index (χ0) is 21.4. The lowest BCUT2D eigenvalue weighted by Crippen LogP contribution is -2.36. The highest BCUT2D eigenvalue weighted by Gasteiger charge is 2.43. The lowest BCUT2D eigenvalue weighted by atomic mass is 10.1. The quantitative estimate of drug-likeness (QED) is 0.142. The summed E-state index contributed by atoms with van der Waals surface area (Å²) in [7, 11) is 0. The highest BCUT2D eigenvalue weighted by atomic mass is 16.6. The summed E-state index contributed by atoms with van der Waals surface area (Å²) < 4.78 is 6.10. The van der Waals surface area contributed by atoms with Crippen LogP contribution in [0.15, 0.2) is 11.1 Å². The van der Waals surface area contributed by atoms with Crippen LogP contribution in [0.3, 0.4) is 0 Å². The maximum atomic E-state index is 12.1. The van der Waals surface area contributed by atoms with Gasteiger partial charge in [-0.15, -0.1) is 0 Å². The second-order valence-corrected chi connectivity index (χ2v) is 6.60. The fraction of sp³-hybridized carbons (Fsp3) is 0.688. The monoisotopic (exact) mass is 415 g/mol. The van der Waals surface area contributed by atoms with E-state index in [4.69, 9.17) is 15.1 Å². The molecule has 4 atom stereocenters. The molecule has 0 unspecified atom stereocenters. The average Bonchev–Trinajstić information content (AvgIpc) is 2.98. The van der Waals surface area contributed by atoms with Crippen molar-refractivity contribution in [3.63, 3.8) is 0 Å². The predicted octanol–water partition coefficient (Wildman–Crippen LogP) is -1.97. The van der Waals surface area contributed by atoms with E-state index in [9.17, 15) is 24.6 Å². The number of aromatic nitrogens is 3. The molecule has 0 aliphatic carbocycles. The Morgan fingerprint density at radius 1 is 1.10 bits per heavy atom. The van der Waals surface area contributed by atoms with Gasteiger partial charge in [-0.25, -0.2) is 15.3 Å². The summed E-state index contributed by atoms with van der Waals surface area (Å²) in [5, 5.41) is 39.6. The van der Waals surface area contributed by atoms with Gasteiger partial charge in [-0.2, -0.15) is 4.98 Å². The number of unbranched alkanes of at least 4 members (excludes halogenated alkanes) is 3. The number of nitrogens with zero attached hydrogens (tertiary/aromatic N) is 3. The molecule has 29 heavy (non-hydrogen) atoms. The van der Waals surface area contributed by atoms with Gasteiger partial charge in [0.05, 0.1) is 6.61 Å². The summed E-state index contributed by atoms with van der Waals surface area (Å²) in [6.07, 6.45) is -1.12. The number of nitrogens with one attached hydrogen (secondary N) is 2. The second kappa shape index (κ2) is 10.9. The minimum atomic E-state index is -1.45. The van der Waals surface area contributed by atoms with E-state index in [0.717, 1.165) is 17.3 Å². The van der Waals surface area contributed by atoms with Crippen LogP contribution >= 0.6 is 0 Å². The largest absolute Gasteiger partial charge is 0.394 e. The highest BCUT2D eigenvalue weighted by molar-refractivity contribution is 5.88. The number of anilines is 1. The minimum absolute atomic E-state index is 0.174. The molecule has 6 N–H and O–H groups in total. The van der Waals surface area contributed by atoms with E-state index in [0.29, 0.717) is 19.3 Å². The zero-order valence-corrected chi connectivity index (χ0v) is 15.6. The molecule has 0 saturated carbocycles. The van der Waals surface area contributed by atoms with Crippen LogP contribution in [-0.4, -0.2) is 71.8 Å². The van der Waals surface area contributed by atoms with Crippen molar-refractivity contribution in [3.8, 4) is 0 Å². The molecule has 1 saturated heterocycles. The van der Waals surface area contributed by atoms with Crippen molar-refractivity contribution in [3.05, 3.63) is 16.8 Å². The number of ether oxygens (including phenoxy) is 1. The maximum Gasteiger partial charge on any atom is 0.354 e. The fourth-order valence-electron chi connectivity index (χ4n) is 2.86. The van der Waals surface area contributed by atoms with E-state index in [1.807, 2.05) is 0 Å². The summed E-state index contributed by atoms with van der Waals surface area (Å²) >= 11 is 0. The van der Waals surface area contributed by atoms with E-state index >= 15 is 0 Å². The standard InChI is InChI=1S/C16H25N5O8/c22-7-9-12(25)13(26)14(29-9)21-8-17-15(19-16(21)27)18-10(23)5-3-1-2-4-6-11(24)20-28/h8-9,12-14,22,25-26,28H,1-7H2,(H,20,24)(H,18,19,23,27)/t9-,12-,13-,14-/m1/s1. The van der Waals surface area contributed by atoms with Crippen molar-refractivity contribution >= 4 is 17.8 Å². The van der Waals surface area contributed by atoms with Crippen molar-refractivity contribution in [1.29, 1.82) is 0 Å². The van der Waals surface area contributed by atoms with Crippen molar-refractivity contribution in [1.82, 2.24) is 20.0 Å². The van der Waals surface area contributed by atoms with Crippen LogP contribution in [0.25, 0.3) is 0 Å². The SMILES string of the molecule is O=C(CCCCCCC(=O)Nc1ncn([C@@H]2O[C@H](CO)[C@@H](O)[C@H]2O)c(=O)n1)NO. The molecule has 0 bridgehead atoms. The van der Waals surface area contributed by atoms with Gasteiger partial charge in [0.2, 0.25) is 17.8 Å². The van der Waals surface area contributed by atoms with Crippen molar-refractivity contribution in [2.75, 3.05) is 11.9 Å². The molecule has 2 rings (SSSR count). The molecule has 0 radical (unpaired) electrons. The van der Waals surface area contributed by atoms with Gasteiger partial charge in [0.25, 0.3) is 0 Å². The van der Waals surface area contributed by atoms with Crippen LogP contribution in [0, 0.1) is 0 Å². The molecule has 2 heterocycles. The fourth-order valence-corrected chi connectivity index (χ4v) is 2.86. The number of aliphatic hydroxyl groups is 3. The number of hydroxylamine groups is 1. The molecule has 1 aliphatic rings. The van der Waals surface area contributed by atoms with Gasteiger partial charge < -0.3 is 20.1 Å². The number of aliphatic hydroxyl groups excluding tert-OH is 3. The first-order chi connectivity index (χ1) is 13.9. The Labute approximate surface area is 165 Å². The van der Waals surface area contributed by atoms with Crippen molar-refractivity contribution in [2.45, 2.75) is 63.1 Å². The van der Waals surface area contributed by atoms with Gasteiger partial charge in [-0.3, -0.25) is 24.7 Å². The lowest BCUT2D eigenvalue weighted by Gasteiger charge is -2.16. The van der Waals surface area contributed by atoms with Crippen LogP contribution in [0.2, 0.25) is 0 Å². The van der Waals surface area contributed by atoms with Crippen molar-refractivity contribution < 1.29 is 34.9 Å². The van der Waals surface area contributed by atoms with E-state index in [2.05, 4.69) is 15.3 Å². The molecule has 1 aliphatic heterocycles. The first-order valence-corrected chi connectivity index (χ1v) is 9.17. The van der Waals surface area contributed by atoms with E-state index in [1.165, 1.54) is 0 Å². The number of carbonyl (C=O) groups excluding carboxylic acids is 2. The van der Waals surface area contributed by atoms with Crippen LogP contribution in [0.5, 0.6) is 0 Å². The van der Waals surface area contributed by atoms with Gasteiger partial charge in [0, 0.05) is 12.8 Å². The predicted molar refractivity (Wildman–Crippen MR) is 95.6 cm³/mol. The van der Waals surface area contributed by atoms with Gasteiger partial charge in [-0.1, -0.05) is 12.8 Å². The van der Waals surface area contributed by atoms with Crippen LogP contribution in [0.4, 0.5) is 5.95 Å². The number of amides is 2. The Hall–Kier alpha value is -2.45. The summed E-state index contributed by atoms with van der Waals surface area (Å²) in [5.74, 6) is -1.04. The third-order valence-electron chi connectivity index (χ3n) is 4.45. The van der Waals surface area contributed by atoms with Gasteiger partial charge in [0.1, 0.15) is 24.6 Å². The number of hydrogen-bond donors (Lipinski definition) is 6. The molecule has 1 aromatic heterocycles. The first-order valence-electron chi connectivity index (χ1n) is 9.17. The number of carbonyl (C=O) groups is 2. The molecule has 1 fully saturated rings. The summed E-state index contributed by atoms with van der Waals surface area (Å²) in [6.45, 7) is -0.535. The summed E-state index contributed by atoms with van der Waals surface area (Å²) in [6, 6.07) is 0. The second-order valence-electron chi connectivity index (χ2n) is 6.60. The van der Waals surface area contributed by atoms with Crippen LogP contribution in [-0.2, 0) is 14.3 Å². The lowest BCUT2D eigenvalue weighted by molar-refractivity contribution is -0.129. The molecule has 2 amide bonds. The molecule has 1 aromatic rings. The van der Waals surface area contributed by atoms with E-state index in [-0.39, 0.29) is 24.7 Å². The van der Waals surface area contributed by atoms with Gasteiger partial charge >= 0.3 is 5.69 Å². The molecule has 0 aromatic carbocycles. The average molecular weight is 415 g/mol. The third-order valence-corrected chi connectivity index (χ3v) is 4.45. The van der Waals surface area contributed by atoms with Gasteiger partial charge in [-0.05, 0) is 12.8 Å². The maximum absolute atomic E-state index is 12.1. The van der Waals surface area contributed by atoms with Crippen LogP contribution in [0.1, 0.15) is 44.8 Å². The number of rotatable bonds is 10. The minimum Gasteiger partial charge on any atom is -0.394 e. The van der Waals surface area contributed by atoms with Crippen LogP contribution < -0.4 is 16.5 Å². The molecule has 13 nitrogen and oxygen atoms in total. The molecular formula is C16H25N5O8. The molecule has 0 spiro atoms. The summed E-state index contributed by atoms with van der Waals surface area (Å²) in [4.78, 5) is 42.3. The number of hydrogen-bond acceptors (Lipinski definition) is 10. The summed E-state index contributed by atoms with van der Waals surface area (Å²) in [5.41, 5.74) is 0.694. The Morgan fingerprint density at radius 3 is 2.31 bits per heavy atom. The zero-order valence-electron chi connectivity index (χ0n) is 15.6.